The Balaban J connectivity index is 1.75. The number of benzene rings is 1. The minimum atomic E-state index is 0.862. The smallest absolute Gasteiger partial charge is 0.0239 e. The van der Waals surface area contributed by atoms with Crippen LogP contribution < -0.4 is 0 Å². The molecule has 1 aromatic carbocycles. The molecule has 0 amide bonds. The SMILES string of the molecule is CCCCC1C2CCC2C(CCCC)N1Cc1ccccc1. The molecule has 0 radical (unpaired) electrons. The van der Waals surface area contributed by atoms with Crippen molar-refractivity contribution >= 4 is 0 Å². The summed E-state index contributed by atoms with van der Waals surface area (Å²) in [6.07, 6.45) is 11.3. The van der Waals surface area contributed by atoms with E-state index in [1.165, 1.54) is 63.5 Å². The van der Waals surface area contributed by atoms with Crippen molar-refractivity contribution in [2.75, 3.05) is 0 Å². The van der Waals surface area contributed by atoms with Gasteiger partial charge in [-0.25, -0.2) is 0 Å². The molecule has 122 valence electrons. The highest BCUT2D eigenvalue weighted by molar-refractivity contribution is 5.16. The zero-order valence-corrected chi connectivity index (χ0v) is 14.5. The van der Waals surface area contributed by atoms with Crippen LogP contribution in [0.2, 0.25) is 0 Å². The highest BCUT2D eigenvalue weighted by Crippen LogP contribution is 2.51. The Kier molecular flexibility index (Phi) is 5.57. The van der Waals surface area contributed by atoms with Crippen LogP contribution in [0, 0.1) is 11.8 Å². The summed E-state index contributed by atoms with van der Waals surface area (Å²) < 4.78 is 0. The van der Waals surface area contributed by atoms with Crippen molar-refractivity contribution < 1.29 is 0 Å². The van der Waals surface area contributed by atoms with Gasteiger partial charge in [-0.1, -0.05) is 69.9 Å². The summed E-state index contributed by atoms with van der Waals surface area (Å²) in [4.78, 5) is 2.92. The van der Waals surface area contributed by atoms with Crippen molar-refractivity contribution in [1.82, 2.24) is 4.90 Å². The topological polar surface area (TPSA) is 3.24 Å². The number of nitrogens with zero attached hydrogens (tertiary/aromatic N) is 1. The molecule has 4 atom stereocenters. The molecule has 1 nitrogen and oxygen atoms in total. The van der Waals surface area contributed by atoms with Gasteiger partial charge in [0.25, 0.3) is 0 Å². The summed E-state index contributed by atoms with van der Waals surface area (Å²) in [7, 11) is 0. The van der Waals surface area contributed by atoms with E-state index in [2.05, 4.69) is 49.1 Å². The fourth-order valence-electron chi connectivity index (χ4n) is 4.86. The number of unbranched alkanes of at least 4 members (excludes halogenated alkanes) is 2. The van der Waals surface area contributed by atoms with Crippen LogP contribution in [0.4, 0.5) is 0 Å². The molecule has 1 heterocycles. The van der Waals surface area contributed by atoms with Crippen LogP contribution in [-0.2, 0) is 6.54 Å². The molecule has 1 aromatic rings. The lowest BCUT2D eigenvalue weighted by Gasteiger charge is -2.35. The van der Waals surface area contributed by atoms with Crippen LogP contribution in [0.15, 0.2) is 30.3 Å². The van der Waals surface area contributed by atoms with Crippen molar-refractivity contribution in [3.05, 3.63) is 35.9 Å². The zero-order chi connectivity index (χ0) is 15.4. The van der Waals surface area contributed by atoms with Gasteiger partial charge in [0.1, 0.15) is 0 Å². The number of hydrogen-bond acceptors (Lipinski definition) is 1. The van der Waals surface area contributed by atoms with Crippen LogP contribution in [-0.4, -0.2) is 17.0 Å². The number of rotatable bonds is 8. The molecule has 0 N–H and O–H groups in total. The fraction of sp³-hybridized carbons (Fsp3) is 0.714. The van der Waals surface area contributed by atoms with Gasteiger partial charge in [0, 0.05) is 18.6 Å². The molecule has 0 aromatic heterocycles. The Bertz CT molecular complexity index is 418. The van der Waals surface area contributed by atoms with Crippen molar-refractivity contribution in [2.45, 2.75) is 83.8 Å². The molecule has 2 aliphatic rings. The molecular weight excluding hydrogens is 266 g/mol. The summed E-state index contributed by atoms with van der Waals surface area (Å²) in [5.74, 6) is 2.02. The van der Waals surface area contributed by atoms with Crippen molar-refractivity contribution in [2.24, 2.45) is 11.8 Å². The monoisotopic (exact) mass is 299 g/mol. The van der Waals surface area contributed by atoms with Gasteiger partial charge < -0.3 is 0 Å². The van der Waals surface area contributed by atoms with Crippen LogP contribution in [0.3, 0.4) is 0 Å². The van der Waals surface area contributed by atoms with E-state index in [-0.39, 0.29) is 0 Å². The molecule has 0 bridgehead atoms. The molecule has 3 rings (SSSR count). The quantitative estimate of drug-likeness (QED) is 0.600. The fourth-order valence-corrected chi connectivity index (χ4v) is 4.86. The van der Waals surface area contributed by atoms with Crippen LogP contribution in [0.25, 0.3) is 0 Å². The zero-order valence-electron chi connectivity index (χ0n) is 14.5. The van der Waals surface area contributed by atoms with Crippen molar-refractivity contribution in [1.29, 1.82) is 0 Å². The number of likely N-dealkylation sites (tertiary alicyclic amines) is 1. The summed E-state index contributed by atoms with van der Waals surface area (Å²) in [5.41, 5.74) is 1.51. The molecule has 1 saturated heterocycles. The molecule has 1 aliphatic carbocycles. The third-order valence-electron chi connectivity index (χ3n) is 6.14. The van der Waals surface area contributed by atoms with Gasteiger partial charge >= 0.3 is 0 Å². The van der Waals surface area contributed by atoms with Gasteiger partial charge in [-0.2, -0.15) is 0 Å². The van der Waals surface area contributed by atoms with E-state index in [1.54, 1.807) is 0 Å². The third-order valence-corrected chi connectivity index (χ3v) is 6.14. The van der Waals surface area contributed by atoms with Gasteiger partial charge in [-0.15, -0.1) is 0 Å². The highest BCUT2D eigenvalue weighted by Gasteiger charge is 2.51. The van der Waals surface area contributed by atoms with Gasteiger partial charge in [-0.05, 0) is 43.1 Å². The summed E-state index contributed by atoms with van der Waals surface area (Å²) >= 11 is 0. The average Bonchev–Trinajstić information content (AvgIpc) is 2.71. The minimum absolute atomic E-state index is 0.862. The molecule has 2 fully saturated rings. The first kappa shape index (κ1) is 16.1. The summed E-state index contributed by atoms with van der Waals surface area (Å²) in [6.45, 7) is 5.85. The van der Waals surface area contributed by atoms with Gasteiger partial charge in [0.05, 0.1) is 0 Å². The minimum Gasteiger partial charge on any atom is -0.293 e. The normalized spacial score (nSPS) is 31.0. The molecule has 4 unspecified atom stereocenters. The second-order valence-corrected chi connectivity index (χ2v) is 7.48. The number of hydrogen-bond donors (Lipinski definition) is 0. The standard InChI is InChI=1S/C21H33N/c1-3-5-12-20-18-14-15-19(18)21(13-6-4-2)22(20)16-17-10-8-7-9-11-17/h7-11,18-21H,3-6,12-16H2,1-2H3. The number of fused-ring (bicyclic) bond motifs is 1. The first-order valence-corrected chi connectivity index (χ1v) is 9.64. The third kappa shape index (κ3) is 3.25. The van der Waals surface area contributed by atoms with E-state index < -0.39 is 0 Å². The highest BCUT2D eigenvalue weighted by atomic mass is 15.2. The van der Waals surface area contributed by atoms with Crippen LogP contribution >= 0.6 is 0 Å². The van der Waals surface area contributed by atoms with Gasteiger partial charge in [0.15, 0.2) is 0 Å². The Morgan fingerprint density at radius 3 is 1.86 bits per heavy atom. The summed E-state index contributed by atoms with van der Waals surface area (Å²) in [5, 5.41) is 0. The second kappa shape index (κ2) is 7.64. The van der Waals surface area contributed by atoms with E-state index in [0.717, 1.165) is 23.9 Å². The molecule has 22 heavy (non-hydrogen) atoms. The van der Waals surface area contributed by atoms with Crippen LogP contribution in [0.5, 0.6) is 0 Å². The second-order valence-electron chi connectivity index (χ2n) is 7.48. The summed E-state index contributed by atoms with van der Waals surface area (Å²) in [6, 6.07) is 12.9. The molecule has 1 aliphatic heterocycles. The lowest BCUT2D eigenvalue weighted by molar-refractivity contribution is 0.154. The van der Waals surface area contributed by atoms with E-state index in [0.29, 0.717) is 0 Å². The Morgan fingerprint density at radius 2 is 1.41 bits per heavy atom. The van der Waals surface area contributed by atoms with Gasteiger partial charge in [0.2, 0.25) is 0 Å². The Hall–Kier alpha value is -0.820. The lowest BCUT2D eigenvalue weighted by Crippen LogP contribution is -2.37. The van der Waals surface area contributed by atoms with E-state index in [4.69, 9.17) is 0 Å². The van der Waals surface area contributed by atoms with Crippen LogP contribution in [0.1, 0.15) is 70.8 Å². The van der Waals surface area contributed by atoms with Crippen molar-refractivity contribution in [3.63, 3.8) is 0 Å². The Labute approximate surface area is 137 Å². The molecule has 1 heteroatoms. The maximum absolute atomic E-state index is 2.92. The van der Waals surface area contributed by atoms with E-state index in [1.807, 2.05) is 0 Å². The maximum Gasteiger partial charge on any atom is 0.0239 e. The molecular formula is C21H33N. The lowest BCUT2D eigenvalue weighted by atomic mass is 9.69. The van der Waals surface area contributed by atoms with Gasteiger partial charge in [-0.3, -0.25) is 4.90 Å². The first-order valence-electron chi connectivity index (χ1n) is 9.64. The van der Waals surface area contributed by atoms with E-state index >= 15 is 0 Å². The van der Waals surface area contributed by atoms with Crippen molar-refractivity contribution in [3.8, 4) is 0 Å². The average molecular weight is 300 g/mol. The Morgan fingerprint density at radius 1 is 0.864 bits per heavy atom. The molecule has 0 spiro atoms. The predicted molar refractivity (Wildman–Crippen MR) is 94.8 cm³/mol. The first-order chi connectivity index (χ1) is 10.8. The predicted octanol–water partition coefficient (Wildman–Crippen LogP) is 5.65. The maximum atomic E-state index is 2.92. The largest absolute Gasteiger partial charge is 0.293 e. The molecule has 1 saturated carbocycles. The van der Waals surface area contributed by atoms with E-state index in [9.17, 15) is 0 Å².